The topological polar surface area (TPSA) is 43.8 Å². The first kappa shape index (κ1) is 13.3. The van der Waals surface area contributed by atoms with Crippen molar-refractivity contribution in [3.8, 4) is 11.4 Å². The lowest BCUT2D eigenvalue weighted by atomic mass is 10.2. The number of fused-ring (bicyclic) bond motifs is 1. The minimum Gasteiger partial charge on any atom is -0.327 e. The Bertz CT molecular complexity index is 775. The van der Waals surface area contributed by atoms with E-state index in [1.165, 1.54) is 12.1 Å². The molecule has 2 N–H and O–H groups in total. The van der Waals surface area contributed by atoms with Crippen LogP contribution in [0.5, 0.6) is 0 Å². The van der Waals surface area contributed by atoms with E-state index in [-0.39, 0.29) is 5.82 Å². The van der Waals surface area contributed by atoms with E-state index in [0.29, 0.717) is 11.0 Å². The van der Waals surface area contributed by atoms with Crippen molar-refractivity contribution in [2.75, 3.05) is 0 Å². The van der Waals surface area contributed by atoms with Crippen LogP contribution in [0.25, 0.3) is 22.4 Å². The number of nitrogens with zero attached hydrogens (tertiary/aromatic N) is 2. The molecule has 0 aliphatic rings. The summed E-state index contributed by atoms with van der Waals surface area (Å²) in [7, 11) is 1.92. The maximum atomic E-state index is 13.6. The van der Waals surface area contributed by atoms with Gasteiger partial charge in [0.1, 0.15) is 11.6 Å². The number of nitrogens with two attached hydrogens (primary N) is 1. The van der Waals surface area contributed by atoms with E-state index in [1.807, 2.05) is 35.9 Å². The molecule has 5 heteroatoms. The monoisotopic (exact) mass is 333 g/mol. The third-order valence-electron chi connectivity index (χ3n) is 3.34. The van der Waals surface area contributed by atoms with Gasteiger partial charge in [0.2, 0.25) is 0 Å². The molecule has 1 aromatic heterocycles. The Balaban J connectivity index is 2.29. The average molecular weight is 334 g/mol. The standard InChI is InChI=1S/C15H13BrFN3/c1-20-13-4-2-3-9(8-18)14(13)19-15(20)10-5-11(16)7-12(17)6-10/h2-7H,8,18H2,1H3. The summed E-state index contributed by atoms with van der Waals surface area (Å²) in [5.41, 5.74) is 9.32. The average Bonchev–Trinajstić information content (AvgIpc) is 2.75. The largest absolute Gasteiger partial charge is 0.327 e. The number of halogens is 2. The maximum absolute atomic E-state index is 13.6. The fraction of sp³-hybridized carbons (Fsp3) is 0.133. The van der Waals surface area contributed by atoms with Gasteiger partial charge in [-0.1, -0.05) is 28.1 Å². The highest BCUT2D eigenvalue weighted by Gasteiger charge is 2.13. The summed E-state index contributed by atoms with van der Waals surface area (Å²) in [4.78, 5) is 4.63. The van der Waals surface area contributed by atoms with Crippen LogP contribution in [0.3, 0.4) is 0 Å². The van der Waals surface area contributed by atoms with E-state index in [9.17, 15) is 4.39 Å². The summed E-state index contributed by atoms with van der Waals surface area (Å²) in [6.45, 7) is 0.431. The predicted molar refractivity (Wildman–Crippen MR) is 81.7 cm³/mol. The molecule has 2 aromatic carbocycles. The number of imidazole rings is 1. The molecule has 3 nitrogen and oxygen atoms in total. The van der Waals surface area contributed by atoms with E-state index >= 15 is 0 Å². The van der Waals surface area contributed by atoms with Crippen LogP contribution < -0.4 is 5.73 Å². The molecule has 0 aliphatic carbocycles. The van der Waals surface area contributed by atoms with Gasteiger partial charge in [-0.05, 0) is 29.8 Å². The zero-order valence-electron chi connectivity index (χ0n) is 10.9. The Morgan fingerprint density at radius 2 is 2.10 bits per heavy atom. The number of benzene rings is 2. The van der Waals surface area contributed by atoms with Crippen LogP contribution in [0.4, 0.5) is 4.39 Å². The Hall–Kier alpha value is -1.72. The van der Waals surface area contributed by atoms with Crippen LogP contribution >= 0.6 is 15.9 Å². The first-order valence-electron chi connectivity index (χ1n) is 6.21. The summed E-state index contributed by atoms with van der Waals surface area (Å²) in [5.74, 6) is 0.432. The molecule has 20 heavy (non-hydrogen) atoms. The molecule has 0 saturated carbocycles. The molecule has 0 radical (unpaired) electrons. The number of rotatable bonds is 2. The highest BCUT2D eigenvalue weighted by Crippen LogP contribution is 2.28. The summed E-state index contributed by atoms with van der Waals surface area (Å²) >= 11 is 3.31. The number of hydrogen-bond acceptors (Lipinski definition) is 2. The van der Waals surface area contributed by atoms with E-state index in [1.54, 1.807) is 0 Å². The van der Waals surface area contributed by atoms with E-state index < -0.39 is 0 Å². The Morgan fingerprint density at radius 1 is 1.30 bits per heavy atom. The molecule has 0 fully saturated rings. The molecule has 0 atom stereocenters. The zero-order chi connectivity index (χ0) is 14.3. The number of hydrogen-bond donors (Lipinski definition) is 1. The molecular formula is C15H13BrFN3. The van der Waals surface area contributed by atoms with Gasteiger partial charge in [0, 0.05) is 23.6 Å². The Kier molecular flexibility index (Phi) is 3.31. The Morgan fingerprint density at radius 3 is 2.80 bits per heavy atom. The van der Waals surface area contributed by atoms with Crippen LogP contribution in [0.15, 0.2) is 40.9 Å². The second kappa shape index (κ2) is 5.00. The van der Waals surface area contributed by atoms with Crippen LogP contribution in [0, 0.1) is 5.82 Å². The molecule has 0 aliphatic heterocycles. The van der Waals surface area contributed by atoms with Crippen molar-refractivity contribution < 1.29 is 4.39 Å². The van der Waals surface area contributed by atoms with Crippen molar-refractivity contribution in [3.05, 3.63) is 52.3 Å². The van der Waals surface area contributed by atoms with Crippen LogP contribution in [-0.2, 0) is 13.6 Å². The molecular weight excluding hydrogens is 321 g/mol. The van der Waals surface area contributed by atoms with Crippen molar-refractivity contribution in [2.24, 2.45) is 12.8 Å². The maximum Gasteiger partial charge on any atom is 0.141 e. The number of aryl methyl sites for hydroxylation is 1. The number of para-hydroxylation sites is 1. The summed E-state index contributed by atoms with van der Waals surface area (Å²) < 4.78 is 16.2. The normalized spacial score (nSPS) is 11.2. The molecule has 0 unspecified atom stereocenters. The second-order valence-electron chi connectivity index (χ2n) is 4.64. The molecule has 3 rings (SSSR count). The molecule has 3 aromatic rings. The molecule has 102 valence electrons. The van der Waals surface area contributed by atoms with Crippen molar-refractivity contribution in [1.29, 1.82) is 0 Å². The van der Waals surface area contributed by atoms with Gasteiger partial charge in [-0.25, -0.2) is 9.37 Å². The van der Waals surface area contributed by atoms with Crippen molar-refractivity contribution in [3.63, 3.8) is 0 Å². The molecule has 0 spiro atoms. The van der Waals surface area contributed by atoms with Gasteiger partial charge >= 0.3 is 0 Å². The van der Waals surface area contributed by atoms with Gasteiger partial charge < -0.3 is 10.3 Å². The Labute approximate surface area is 124 Å². The summed E-state index contributed by atoms with van der Waals surface area (Å²) in [6, 6.07) is 10.7. The van der Waals surface area contributed by atoms with Gasteiger partial charge in [-0.2, -0.15) is 0 Å². The molecule has 0 saturated heterocycles. The van der Waals surface area contributed by atoms with Crippen LogP contribution in [-0.4, -0.2) is 9.55 Å². The zero-order valence-corrected chi connectivity index (χ0v) is 12.5. The highest BCUT2D eigenvalue weighted by atomic mass is 79.9. The summed E-state index contributed by atoms with van der Waals surface area (Å²) in [6.07, 6.45) is 0. The second-order valence-corrected chi connectivity index (χ2v) is 5.56. The van der Waals surface area contributed by atoms with Crippen molar-refractivity contribution in [1.82, 2.24) is 9.55 Å². The third-order valence-corrected chi connectivity index (χ3v) is 3.79. The minimum absolute atomic E-state index is 0.291. The van der Waals surface area contributed by atoms with Crippen LogP contribution in [0.2, 0.25) is 0 Å². The van der Waals surface area contributed by atoms with E-state index in [2.05, 4.69) is 20.9 Å². The van der Waals surface area contributed by atoms with Gasteiger partial charge in [-0.15, -0.1) is 0 Å². The quantitative estimate of drug-likeness (QED) is 0.778. The van der Waals surface area contributed by atoms with Gasteiger partial charge in [0.05, 0.1) is 11.0 Å². The minimum atomic E-state index is -0.291. The van der Waals surface area contributed by atoms with Crippen molar-refractivity contribution >= 4 is 27.0 Å². The first-order valence-corrected chi connectivity index (χ1v) is 7.00. The molecule has 0 bridgehead atoms. The fourth-order valence-electron chi connectivity index (χ4n) is 2.38. The van der Waals surface area contributed by atoms with Gasteiger partial charge in [0.25, 0.3) is 0 Å². The van der Waals surface area contributed by atoms with Gasteiger partial charge in [0.15, 0.2) is 0 Å². The smallest absolute Gasteiger partial charge is 0.141 e. The SMILES string of the molecule is Cn1c(-c2cc(F)cc(Br)c2)nc2c(CN)cccc21. The molecule has 1 heterocycles. The van der Waals surface area contributed by atoms with Crippen molar-refractivity contribution in [2.45, 2.75) is 6.54 Å². The first-order chi connectivity index (χ1) is 9.60. The number of aromatic nitrogens is 2. The highest BCUT2D eigenvalue weighted by molar-refractivity contribution is 9.10. The third kappa shape index (κ3) is 2.13. The fourth-order valence-corrected chi connectivity index (χ4v) is 2.84. The lowest BCUT2D eigenvalue weighted by Crippen LogP contribution is -1.97. The van der Waals surface area contributed by atoms with Crippen LogP contribution in [0.1, 0.15) is 5.56 Å². The lowest BCUT2D eigenvalue weighted by molar-refractivity contribution is 0.627. The van der Waals surface area contributed by atoms with Gasteiger partial charge in [-0.3, -0.25) is 0 Å². The molecule has 0 amide bonds. The van der Waals surface area contributed by atoms with E-state index in [4.69, 9.17) is 5.73 Å². The summed E-state index contributed by atoms with van der Waals surface area (Å²) in [5, 5.41) is 0. The van der Waals surface area contributed by atoms with E-state index in [0.717, 1.165) is 28.0 Å². The predicted octanol–water partition coefficient (Wildman–Crippen LogP) is 3.60. The lowest BCUT2D eigenvalue weighted by Gasteiger charge is -2.03.